The van der Waals surface area contributed by atoms with E-state index in [4.69, 9.17) is 9.84 Å². The molecular weight excluding hydrogens is 294 g/mol. The summed E-state index contributed by atoms with van der Waals surface area (Å²) in [5.41, 5.74) is 0.288. The molecule has 0 saturated carbocycles. The summed E-state index contributed by atoms with van der Waals surface area (Å²) in [5.74, 6) is -1.16. The zero-order valence-electron chi connectivity index (χ0n) is 12.9. The van der Waals surface area contributed by atoms with Crippen molar-refractivity contribution in [2.24, 2.45) is 0 Å². The first-order valence-corrected chi connectivity index (χ1v) is 7.86. The molecule has 0 aromatic heterocycles. The lowest BCUT2D eigenvalue weighted by Crippen LogP contribution is -2.46. The Labute approximate surface area is 125 Å². The van der Waals surface area contributed by atoms with Crippen molar-refractivity contribution in [3.05, 3.63) is 28.8 Å². The number of carboxylic acids is 1. The quantitative estimate of drug-likeness (QED) is 0.833. The van der Waals surface area contributed by atoms with Crippen LogP contribution in [0.15, 0.2) is 17.0 Å². The number of aromatic carboxylic acids is 1. The molecule has 1 aromatic carbocycles. The number of ether oxygens (including phenoxy) is 1. The molecule has 2 N–H and O–H groups in total. The zero-order valence-corrected chi connectivity index (χ0v) is 13.7. The van der Waals surface area contributed by atoms with Gasteiger partial charge in [0.25, 0.3) is 0 Å². The fourth-order valence-electron chi connectivity index (χ4n) is 2.04. The van der Waals surface area contributed by atoms with Gasteiger partial charge in [0, 0.05) is 7.11 Å². The van der Waals surface area contributed by atoms with Gasteiger partial charge >= 0.3 is 5.97 Å². The van der Waals surface area contributed by atoms with Crippen molar-refractivity contribution in [1.29, 1.82) is 0 Å². The van der Waals surface area contributed by atoms with Crippen molar-refractivity contribution in [1.82, 2.24) is 4.72 Å². The Hall–Kier alpha value is -1.44. The highest BCUT2D eigenvalue weighted by atomic mass is 32.2. The van der Waals surface area contributed by atoms with Crippen LogP contribution in [0.5, 0.6) is 0 Å². The number of methoxy groups -OCH3 is 1. The monoisotopic (exact) mass is 315 g/mol. The molecule has 0 aliphatic carbocycles. The van der Waals surface area contributed by atoms with E-state index in [-0.39, 0.29) is 17.1 Å². The average Bonchev–Trinajstić information content (AvgIpc) is 2.30. The number of sulfonamides is 1. The summed E-state index contributed by atoms with van der Waals surface area (Å²) in [6.45, 7) is 6.91. The molecule has 7 heteroatoms. The first-order chi connectivity index (χ1) is 9.50. The summed E-state index contributed by atoms with van der Waals surface area (Å²) in [6.07, 6.45) is 0. The molecule has 0 unspecified atom stereocenters. The number of hydrogen-bond donors (Lipinski definition) is 2. The summed E-state index contributed by atoms with van der Waals surface area (Å²) in [5, 5.41) is 9.07. The molecule has 0 bridgehead atoms. The Kier molecular flexibility index (Phi) is 5.14. The van der Waals surface area contributed by atoms with Crippen LogP contribution >= 0.6 is 0 Å². The van der Waals surface area contributed by atoms with Crippen molar-refractivity contribution in [3.63, 3.8) is 0 Å². The number of hydrogen-bond acceptors (Lipinski definition) is 4. The smallest absolute Gasteiger partial charge is 0.335 e. The summed E-state index contributed by atoms with van der Waals surface area (Å²) in [6, 6.07) is 2.63. The third kappa shape index (κ3) is 4.26. The van der Waals surface area contributed by atoms with Crippen molar-refractivity contribution >= 4 is 16.0 Å². The maximum atomic E-state index is 12.5. The third-order valence-corrected chi connectivity index (χ3v) is 4.90. The standard InChI is InChI=1S/C14H21NO5S/c1-9-6-11(13(16)17)7-12(10(9)2)21(18,19)15-14(3,4)8-20-5/h6-7,15H,8H2,1-5H3,(H,16,17). The van der Waals surface area contributed by atoms with E-state index >= 15 is 0 Å². The van der Waals surface area contributed by atoms with Crippen LogP contribution in [0.4, 0.5) is 0 Å². The highest BCUT2D eigenvalue weighted by Crippen LogP contribution is 2.22. The number of carbonyl (C=O) groups is 1. The minimum absolute atomic E-state index is 0.0240. The number of nitrogens with one attached hydrogen (secondary N) is 1. The van der Waals surface area contributed by atoms with Gasteiger partial charge in [-0.15, -0.1) is 0 Å². The number of aryl methyl sites for hydroxylation is 1. The van der Waals surface area contributed by atoms with Crippen LogP contribution < -0.4 is 4.72 Å². The molecule has 0 aliphatic heterocycles. The SMILES string of the molecule is COCC(C)(C)NS(=O)(=O)c1cc(C(=O)O)cc(C)c1C. The maximum absolute atomic E-state index is 12.5. The van der Waals surface area contributed by atoms with Crippen LogP contribution in [0, 0.1) is 13.8 Å². The average molecular weight is 315 g/mol. The predicted octanol–water partition coefficient (Wildman–Crippen LogP) is 1.70. The first-order valence-electron chi connectivity index (χ1n) is 6.37. The van der Waals surface area contributed by atoms with E-state index in [1.165, 1.54) is 19.2 Å². The van der Waals surface area contributed by atoms with E-state index in [0.717, 1.165) is 0 Å². The molecular formula is C14H21NO5S. The first kappa shape index (κ1) is 17.6. The molecule has 0 fully saturated rings. The fourth-order valence-corrected chi connectivity index (χ4v) is 3.78. The molecule has 1 aromatic rings. The van der Waals surface area contributed by atoms with Crippen LogP contribution in [-0.2, 0) is 14.8 Å². The Morgan fingerprint density at radius 1 is 1.33 bits per heavy atom. The van der Waals surface area contributed by atoms with Gasteiger partial charge in [-0.1, -0.05) is 0 Å². The summed E-state index contributed by atoms with van der Waals surface area (Å²) in [4.78, 5) is 11.1. The highest BCUT2D eigenvalue weighted by molar-refractivity contribution is 7.89. The predicted molar refractivity (Wildman–Crippen MR) is 79.2 cm³/mol. The highest BCUT2D eigenvalue weighted by Gasteiger charge is 2.28. The number of benzene rings is 1. The molecule has 0 heterocycles. The molecule has 0 aliphatic rings. The van der Waals surface area contributed by atoms with Crippen LogP contribution in [0.1, 0.15) is 35.3 Å². The van der Waals surface area contributed by atoms with Gasteiger partial charge in [-0.2, -0.15) is 0 Å². The van der Waals surface area contributed by atoms with Gasteiger partial charge < -0.3 is 9.84 Å². The number of rotatable bonds is 6. The van der Waals surface area contributed by atoms with E-state index in [9.17, 15) is 13.2 Å². The van der Waals surface area contributed by atoms with Crippen molar-refractivity contribution in [2.75, 3.05) is 13.7 Å². The molecule has 6 nitrogen and oxygen atoms in total. The van der Waals surface area contributed by atoms with Crippen LogP contribution in [-0.4, -0.2) is 38.7 Å². The second kappa shape index (κ2) is 6.13. The fraction of sp³-hybridized carbons (Fsp3) is 0.500. The minimum atomic E-state index is -3.84. The lowest BCUT2D eigenvalue weighted by molar-refractivity contribution is 0.0696. The van der Waals surface area contributed by atoms with Crippen LogP contribution in [0.25, 0.3) is 0 Å². The normalized spacial score (nSPS) is 12.4. The molecule has 0 spiro atoms. The molecule has 0 radical (unpaired) electrons. The van der Waals surface area contributed by atoms with E-state index < -0.39 is 21.5 Å². The lowest BCUT2D eigenvalue weighted by Gasteiger charge is -2.25. The zero-order chi connectivity index (χ0) is 16.4. The van der Waals surface area contributed by atoms with Gasteiger partial charge in [-0.3, -0.25) is 0 Å². The van der Waals surface area contributed by atoms with Gasteiger partial charge in [-0.25, -0.2) is 17.9 Å². The number of carboxylic acid groups (broad SMARTS) is 1. The summed E-state index contributed by atoms with van der Waals surface area (Å²) in [7, 11) is -2.36. The van der Waals surface area contributed by atoms with Crippen molar-refractivity contribution in [3.8, 4) is 0 Å². The van der Waals surface area contributed by atoms with Gasteiger partial charge in [0.1, 0.15) is 0 Å². The topological polar surface area (TPSA) is 92.7 Å². The van der Waals surface area contributed by atoms with E-state index in [0.29, 0.717) is 11.1 Å². The maximum Gasteiger partial charge on any atom is 0.335 e. The molecule has 0 atom stereocenters. The van der Waals surface area contributed by atoms with Gasteiger partial charge in [0.05, 0.1) is 22.6 Å². The van der Waals surface area contributed by atoms with E-state index in [1.807, 2.05) is 0 Å². The molecule has 118 valence electrons. The third-order valence-electron chi connectivity index (χ3n) is 3.07. The van der Waals surface area contributed by atoms with Crippen molar-refractivity contribution in [2.45, 2.75) is 38.1 Å². The summed E-state index contributed by atoms with van der Waals surface area (Å²) < 4.78 is 32.5. The minimum Gasteiger partial charge on any atom is -0.478 e. The van der Waals surface area contributed by atoms with Crippen LogP contribution in [0.2, 0.25) is 0 Å². The van der Waals surface area contributed by atoms with E-state index in [2.05, 4.69) is 4.72 Å². The van der Waals surface area contributed by atoms with Gasteiger partial charge in [0.2, 0.25) is 10.0 Å². The largest absolute Gasteiger partial charge is 0.478 e. The molecule has 21 heavy (non-hydrogen) atoms. The lowest BCUT2D eigenvalue weighted by atomic mass is 10.1. The molecule has 0 amide bonds. The molecule has 1 rings (SSSR count). The van der Waals surface area contributed by atoms with Crippen molar-refractivity contribution < 1.29 is 23.1 Å². The summed E-state index contributed by atoms with van der Waals surface area (Å²) >= 11 is 0. The van der Waals surface area contributed by atoms with Crippen LogP contribution in [0.3, 0.4) is 0 Å². The Balaban J connectivity index is 3.35. The molecule has 0 saturated heterocycles. The van der Waals surface area contributed by atoms with E-state index in [1.54, 1.807) is 27.7 Å². The Morgan fingerprint density at radius 2 is 1.90 bits per heavy atom. The Bertz CT molecular complexity index is 650. The Morgan fingerprint density at radius 3 is 2.38 bits per heavy atom. The van der Waals surface area contributed by atoms with Gasteiger partial charge in [-0.05, 0) is 51.0 Å². The van der Waals surface area contributed by atoms with Gasteiger partial charge in [0.15, 0.2) is 0 Å². The second-order valence-corrected chi connectivity index (χ2v) is 7.29. The second-order valence-electron chi connectivity index (χ2n) is 5.64.